The lowest BCUT2D eigenvalue weighted by atomic mass is 9.85. The van der Waals surface area contributed by atoms with Crippen LogP contribution in [0.5, 0.6) is 11.5 Å². The van der Waals surface area contributed by atoms with Crippen LogP contribution < -0.4 is 15.0 Å². The molecule has 3 N–H and O–H groups in total. The number of methoxy groups -OCH3 is 1. The molecule has 7 nitrogen and oxygen atoms in total. The van der Waals surface area contributed by atoms with Crippen molar-refractivity contribution in [1.29, 1.82) is 0 Å². The fraction of sp³-hybridized carbons (Fsp3) is 0.364. The van der Waals surface area contributed by atoms with Gasteiger partial charge in [0.1, 0.15) is 11.5 Å². The third-order valence-corrected chi connectivity index (χ3v) is 4.45. The maximum Gasteiger partial charge on any atom is 0.326 e. The van der Waals surface area contributed by atoms with E-state index in [4.69, 9.17) is 9.84 Å². The number of hydrogen-bond acceptors (Lipinski definition) is 4. The second kappa shape index (κ2) is 9.32. The number of benzene rings is 2. The quantitative estimate of drug-likeness (QED) is 0.590. The summed E-state index contributed by atoms with van der Waals surface area (Å²) in [7, 11) is 1.52. The van der Waals surface area contributed by atoms with Crippen LogP contribution in [0.2, 0.25) is 0 Å². The molecule has 0 fully saturated rings. The lowest BCUT2D eigenvalue weighted by molar-refractivity contribution is -0.137. The van der Waals surface area contributed by atoms with Crippen LogP contribution in [0.1, 0.15) is 39.2 Å². The Morgan fingerprint density at radius 2 is 1.79 bits per heavy atom. The lowest BCUT2D eigenvalue weighted by Gasteiger charge is -2.26. The average molecular weight is 400 g/mol. The van der Waals surface area contributed by atoms with Crippen molar-refractivity contribution in [2.24, 2.45) is 0 Å². The van der Waals surface area contributed by atoms with Crippen LogP contribution in [-0.4, -0.2) is 35.9 Å². The highest BCUT2D eigenvalue weighted by molar-refractivity contribution is 6.02. The predicted octanol–water partition coefficient (Wildman–Crippen LogP) is 4.60. The summed E-state index contributed by atoms with van der Waals surface area (Å²) in [5.41, 5.74) is 1.15. The van der Waals surface area contributed by atoms with Crippen LogP contribution in [-0.2, 0) is 10.2 Å². The number of rotatable bonds is 7. The smallest absolute Gasteiger partial charge is 0.326 e. The number of carbonyl (C=O) groups excluding carboxylic acids is 1. The summed E-state index contributed by atoms with van der Waals surface area (Å²) < 4.78 is 5.32. The average Bonchev–Trinajstić information content (AvgIpc) is 2.66. The number of anilines is 2. The van der Waals surface area contributed by atoms with E-state index in [2.05, 4.69) is 5.32 Å². The van der Waals surface area contributed by atoms with Gasteiger partial charge in [-0.1, -0.05) is 39.0 Å². The predicted molar refractivity (Wildman–Crippen MR) is 113 cm³/mol. The number of carboxylic acids is 1. The molecule has 7 heteroatoms. The van der Waals surface area contributed by atoms with Gasteiger partial charge in [0.25, 0.3) is 0 Å². The number of nitrogens with zero attached hydrogens (tertiary/aromatic N) is 1. The monoisotopic (exact) mass is 400 g/mol. The van der Waals surface area contributed by atoms with Crippen LogP contribution in [0.4, 0.5) is 16.2 Å². The molecule has 0 saturated carbocycles. The zero-order valence-electron chi connectivity index (χ0n) is 17.2. The van der Waals surface area contributed by atoms with Gasteiger partial charge in [-0.05, 0) is 30.0 Å². The van der Waals surface area contributed by atoms with Gasteiger partial charge in [-0.3, -0.25) is 9.69 Å². The third-order valence-electron chi connectivity index (χ3n) is 4.45. The Bertz CT molecular complexity index is 859. The van der Waals surface area contributed by atoms with Gasteiger partial charge in [-0.15, -0.1) is 0 Å². The Kier molecular flexibility index (Phi) is 7.09. The molecule has 2 aromatic carbocycles. The highest BCUT2D eigenvalue weighted by atomic mass is 16.5. The minimum absolute atomic E-state index is 0.0230. The van der Waals surface area contributed by atoms with Crippen molar-refractivity contribution < 1.29 is 24.5 Å². The minimum Gasteiger partial charge on any atom is -0.505 e. The summed E-state index contributed by atoms with van der Waals surface area (Å²) >= 11 is 0. The van der Waals surface area contributed by atoms with Crippen LogP contribution >= 0.6 is 0 Å². The first-order valence-electron chi connectivity index (χ1n) is 9.40. The molecule has 0 radical (unpaired) electrons. The van der Waals surface area contributed by atoms with Gasteiger partial charge in [-0.25, -0.2) is 4.79 Å². The zero-order valence-corrected chi connectivity index (χ0v) is 17.2. The normalized spacial score (nSPS) is 11.0. The molecule has 0 atom stereocenters. The lowest BCUT2D eigenvalue weighted by Crippen LogP contribution is -2.36. The van der Waals surface area contributed by atoms with Crippen molar-refractivity contribution in [3.05, 3.63) is 48.0 Å². The zero-order chi connectivity index (χ0) is 21.6. The molecule has 156 valence electrons. The van der Waals surface area contributed by atoms with Crippen molar-refractivity contribution >= 4 is 23.4 Å². The maximum absolute atomic E-state index is 13.0. The SMILES string of the molecule is COc1cc(NC(=O)N(CCCC(=O)O)c2ccccc2)c(O)c(C(C)(C)C)c1. The van der Waals surface area contributed by atoms with Crippen LogP contribution in [0.3, 0.4) is 0 Å². The van der Waals surface area contributed by atoms with Crippen molar-refractivity contribution in [1.82, 2.24) is 0 Å². The van der Waals surface area contributed by atoms with Crippen molar-refractivity contribution in [2.75, 3.05) is 23.9 Å². The molecular formula is C22H28N2O5. The summed E-state index contributed by atoms with van der Waals surface area (Å²) in [5.74, 6) is -0.427. The van der Waals surface area contributed by atoms with Crippen LogP contribution in [0.25, 0.3) is 0 Å². The molecule has 2 amide bonds. The van der Waals surface area contributed by atoms with Crippen molar-refractivity contribution in [2.45, 2.75) is 39.0 Å². The van der Waals surface area contributed by atoms with Gasteiger partial charge in [0.15, 0.2) is 0 Å². The number of urea groups is 1. The maximum atomic E-state index is 13.0. The Hall–Kier alpha value is -3.22. The number of amides is 2. The van der Waals surface area contributed by atoms with E-state index in [0.29, 0.717) is 23.4 Å². The molecule has 29 heavy (non-hydrogen) atoms. The molecule has 0 aromatic heterocycles. The highest BCUT2D eigenvalue weighted by Crippen LogP contribution is 2.39. The molecule has 0 aliphatic rings. The van der Waals surface area contributed by atoms with Crippen molar-refractivity contribution in [3.8, 4) is 11.5 Å². The van der Waals surface area contributed by atoms with E-state index in [9.17, 15) is 14.7 Å². The summed E-state index contributed by atoms with van der Waals surface area (Å²) in [5, 5.41) is 22.4. The first-order valence-corrected chi connectivity index (χ1v) is 9.40. The Balaban J connectivity index is 2.34. The molecule has 2 aromatic rings. The van der Waals surface area contributed by atoms with Gasteiger partial charge in [0, 0.05) is 30.3 Å². The van der Waals surface area contributed by atoms with E-state index in [1.807, 2.05) is 26.8 Å². The first kappa shape index (κ1) is 22.1. The number of phenolic OH excluding ortho intramolecular Hbond substituents is 1. The fourth-order valence-corrected chi connectivity index (χ4v) is 2.92. The van der Waals surface area contributed by atoms with E-state index in [0.717, 1.165) is 0 Å². The summed E-state index contributed by atoms with van der Waals surface area (Å²) in [6.07, 6.45) is 0.254. The first-order chi connectivity index (χ1) is 13.6. The summed E-state index contributed by atoms with van der Waals surface area (Å²) in [6.45, 7) is 6.08. The Labute approximate surface area is 170 Å². The van der Waals surface area contributed by atoms with E-state index in [-0.39, 0.29) is 29.8 Å². The standard InChI is InChI=1S/C22H28N2O5/c1-22(2,3)17-13-16(29-4)14-18(20(17)27)23-21(28)24(12-8-11-19(25)26)15-9-6-5-7-10-15/h5-7,9-10,13-14,27H,8,11-12H2,1-4H3,(H,23,28)(H,25,26). The number of aromatic hydroxyl groups is 1. The third kappa shape index (κ3) is 5.88. The molecule has 0 saturated heterocycles. The molecule has 0 bridgehead atoms. The van der Waals surface area contributed by atoms with Gasteiger partial charge < -0.3 is 20.3 Å². The number of nitrogens with one attached hydrogen (secondary N) is 1. The van der Waals surface area contributed by atoms with Crippen molar-refractivity contribution in [3.63, 3.8) is 0 Å². The second-order valence-corrected chi connectivity index (χ2v) is 7.74. The highest BCUT2D eigenvalue weighted by Gasteiger charge is 2.24. The summed E-state index contributed by atoms with van der Waals surface area (Å²) in [4.78, 5) is 25.3. The number of aliphatic carboxylic acids is 1. The second-order valence-electron chi connectivity index (χ2n) is 7.74. The van der Waals surface area contributed by atoms with E-state index in [1.165, 1.54) is 12.0 Å². The number of carboxylic acid groups (broad SMARTS) is 1. The minimum atomic E-state index is -0.918. The van der Waals surface area contributed by atoms with Gasteiger partial charge in [0.2, 0.25) is 0 Å². The molecule has 0 unspecified atom stereocenters. The molecule has 0 heterocycles. The van der Waals surface area contributed by atoms with Gasteiger partial charge in [-0.2, -0.15) is 0 Å². The molecule has 0 spiro atoms. The summed E-state index contributed by atoms with van der Waals surface area (Å²) in [6, 6.07) is 11.8. The number of carbonyl (C=O) groups is 2. The largest absolute Gasteiger partial charge is 0.505 e. The molecule has 0 aliphatic carbocycles. The van der Waals surface area contributed by atoms with Gasteiger partial charge in [0.05, 0.1) is 12.8 Å². The molecule has 0 aliphatic heterocycles. The Morgan fingerprint density at radius 1 is 1.14 bits per heavy atom. The Morgan fingerprint density at radius 3 is 2.34 bits per heavy atom. The van der Waals surface area contributed by atoms with E-state index < -0.39 is 12.0 Å². The fourth-order valence-electron chi connectivity index (χ4n) is 2.92. The van der Waals surface area contributed by atoms with Gasteiger partial charge >= 0.3 is 12.0 Å². The molecule has 2 rings (SSSR count). The van der Waals surface area contributed by atoms with Crippen LogP contribution in [0, 0.1) is 0 Å². The topological polar surface area (TPSA) is 99.1 Å². The number of para-hydroxylation sites is 1. The van der Waals surface area contributed by atoms with E-state index >= 15 is 0 Å². The molecular weight excluding hydrogens is 372 g/mol. The number of ether oxygens (including phenoxy) is 1. The number of hydrogen-bond donors (Lipinski definition) is 3. The van der Waals surface area contributed by atoms with Crippen LogP contribution in [0.15, 0.2) is 42.5 Å². The number of phenols is 1. The van der Waals surface area contributed by atoms with E-state index in [1.54, 1.807) is 36.4 Å².